The van der Waals surface area contributed by atoms with E-state index in [4.69, 9.17) is 21.4 Å². The van der Waals surface area contributed by atoms with E-state index in [1.54, 1.807) is 25.1 Å². The molecule has 0 aliphatic carbocycles. The highest BCUT2D eigenvalue weighted by molar-refractivity contribution is 6.30. The maximum absolute atomic E-state index is 11.0. The number of aliphatic carboxylic acids is 1. The van der Waals surface area contributed by atoms with Gasteiger partial charge < -0.3 is 14.9 Å². The van der Waals surface area contributed by atoms with Gasteiger partial charge in [-0.05, 0) is 31.5 Å². The maximum atomic E-state index is 11.0. The summed E-state index contributed by atoms with van der Waals surface area (Å²) < 4.78 is 5.45. The molecule has 0 aliphatic heterocycles. The number of hydrogen-bond donors (Lipinski definition) is 2. The van der Waals surface area contributed by atoms with Crippen molar-refractivity contribution >= 4 is 17.6 Å². The molecule has 1 aromatic rings. The van der Waals surface area contributed by atoms with Crippen molar-refractivity contribution in [3.05, 3.63) is 28.8 Å². The summed E-state index contributed by atoms with van der Waals surface area (Å²) in [5, 5.41) is 19.1. The minimum absolute atomic E-state index is 0.357. The first-order valence-corrected chi connectivity index (χ1v) is 6.20. The quantitative estimate of drug-likeness (QED) is 0.835. The zero-order chi connectivity index (χ0) is 13.7. The minimum Gasteiger partial charge on any atom is -0.479 e. The number of aliphatic hydroxyl groups excluding tert-OH is 1. The highest BCUT2D eigenvalue weighted by Crippen LogP contribution is 2.29. The summed E-state index contributed by atoms with van der Waals surface area (Å²) >= 11 is 5.84. The van der Waals surface area contributed by atoms with E-state index in [1.807, 2.05) is 6.92 Å². The van der Waals surface area contributed by atoms with Gasteiger partial charge in [0.15, 0.2) is 6.10 Å². The van der Waals surface area contributed by atoms with Gasteiger partial charge in [0.05, 0.1) is 6.10 Å². The molecule has 1 rings (SSSR count). The zero-order valence-electron chi connectivity index (χ0n) is 10.4. The van der Waals surface area contributed by atoms with Crippen LogP contribution >= 0.6 is 11.6 Å². The molecule has 0 bridgehead atoms. The Balaban J connectivity index is 2.98. The predicted octanol–water partition coefficient (Wildman–Crippen LogP) is 3.03. The predicted molar refractivity (Wildman–Crippen MR) is 69.0 cm³/mol. The van der Waals surface area contributed by atoms with Crippen LogP contribution in [0, 0.1) is 0 Å². The topological polar surface area (TPSA) is 66.8 Å². The highest BCUT2D eigenvalue weighted by Gasteiger charge is 2.20. The van der Waals surface area contributed by atoms with E-state index in [1.165, 1.54) is 0 Å². The Kier molecular flexibility index (Phi) is 5.44. The smallest absolute Gasteiger partial charge is 0.344 e. The van der Waals surface area contributed by atoms with Crippen LogP contribution in [0.25, 0.3) is 0 Å². The number of rotatable bonds is 6. The van der Waals surface area contributed by atoms with Crippen molar-refractivity contribution in [1.82, 2.24) is 0 Å². The van der Waals surface area contributed by atoms with Crippen LogP contribution in [-0.2, 0) is 4.79 Å². The van der Waals surface area contributed by atoms with Gasteiger partial charge in [0, 0.05) is 10.6 Å². The Morgan fingerprint density at radius 1 is 1.50 bits per heavy atom. The molecule has 0 heterocycles. The molecule has 1 unspecified atom stereocenters. The van der Waals surface area contributed by atoms with Crippen LogP contribution in [0.3, 0.4) is 0 Å². The number of ether oxygens (including phenoxy) is 1. The molecule has 18 heavy (non-hydrogen) atoms. The van der Waals surface area contributed by atoms with Gasteiger partial charge >= 0.3 is 5.97 Å². The summed E-state index contributed by atoms with van der Waals surface area (Å²) in [6.45, 7) is 3.46. The Hall–Kier alpha value is -1.26. The highest BCUT2D eigenvalue weighted by atomic mass is 35.5. The standard InChI is InChI=1S/C13H17ClO4/c1-3-4-12(13(16)17)18-11-6-5-9(14)7-10(11)8(2)15/h5-8,12,15H,3-4H2,1-2H3,(H,16,17)/t8-,12?/m1/s1. The Morgan fingerprint density at radius 3 is 2.67 bits per heavy atom. The molecule has 2 N–H and O–H groups in total. The van der Waals surface area contributed by atoms with Crippen molar-refractivity contribution < 1.29 is 19.7 Å². The molecule has 0 saturated heterocycles. The Morgan fingerprint density at radius 2 is 2.17 bits per heavy atom. The molecule has 0 aromatic heterocycles. The molecular weight excluding hydrogens is 256 g/mol. The molecule has 5 heteroatoms. The lowest BCUT2D eigenvalue weighted by Crippen LogP contribution is -2.27. The molecular formula is C13H17ClO4. The van der Waals surface area contributed by atoms with Gasteiger partial charge in [0.1, 0.15) is 5.75 Å². The third-order valence-electron chi connectivity index (χ3n) is 2.52. The molecule has 2 atom stereocenters. The van der Waals surface area contributed by atoms with E-state index in [2.05, 4.69) is 0 Å². The molecule has 0 aliphatic rings. The van der Waals surface area contributed by atoms with Crippen LogP contribution in [0.5, 0.6) is 5.75 Å². The van der Waals surface area contributed by atoms with Crippen LogP contribution in [0.4, 0.5) is 0 Å². The molecule has 0 radical (unpaired) electrons. The summed E-state index contributed by atoms with van der Waals surface area (Å²) in [5.74, 6) is -0.654. The van der Waals surface area contributed by atoms with E-state index in [9.17, 15) is 9.90 Å². The zero-order valence-corrected chi connectivity index (χ0v) is 11.1. The Bertz CT molecular complexity index is 417. The van der Waals surface area contributed by atoms with Crippen molar-refractivity contribution in [3.8, 4) is 5.75 Å². The minimum atomic E-state index is -1.01. The summed E-state index contributed by atoms with van der Waals surface area (Å²) in [6, 6.07) is 4.76. The molecule has 0 amide bonds. The monoisotopic (exact) mass is 272 g/mol. The van der Waals surface area contributed by atoms with Crippen LogP contribution < -0.4 is 4.74 Å². The molecule has 0 spiro atoms. The van der Waals surface area contributed by atoms with Crippen LogP contribution in [-0.4, -0.2) is 22.3 Å². The maximum Gasteiger partial charge on any atom is 0.344 e. The van der Waals surface area contributed by atoms with Crippen molar-refractivity contribution in [3.63, 3.8) is 0 Å². The van der Waals surface area contributed by atoms with Crippen molar-refractivity contribution in [2.24, 2.45) is 0 Å². The molecule has 1 aromatic carbocycles. The SMILES string of the molecule is CCCC(Oc1ccc(Cl)cc1[C@@H](C)O)C(=O)O. The average molecular weight is 273 g/mol. The fourth-order valence-electron chi connectivity index (χ4n) is 1.60. The van der Waals surface area contributed by atoms with Crippen molar-refractivity contribution in [1.29, 1.82) is 0 Å². The lowest BCUT2D eigenvalue weighted by Gasteiger charge is -2.18. The van der Waals surface area contributed by atoms with Gasteiger partial charge in [-0.2, -0.15) is 0 Å². The van der Waals surface area contributed by atoms with Crippen LogP contribution in [0.15, 0.2) is 18.2 Å². The summed E-state index contributed by atoms with van der Waals surface area (Å²) in [5.41, 5.74) is 0.491. The number of hydrogen-bond acceptors (Lipinski definition) is 3. The van der Waals surface area contributed by atoms with Gasteiger partial charge in [-0.15, -0.1) is 0 Å². The molecule has 0 saturated carbocycles. The normalized spacial score (nSPS) is 14.0. The summed E-state index contributed by atoms with van der Waals surface area (Å²) in [7, 11) is 0. The fraction of sp³-hybridized carbons (Fsp3) is 0.462. The Labute approximate surface area is 111 Å². The first-order chi connectivity index (χ1) is 8.45. The lowest BCUT2D eigenvalue weighted by atomic mass is 10.1. The molecule has 100 valence electrons. The lowest BCUT2D eigenvalue weighted by molar-refractivity contribution is -0.145. The van der Waals surface area contributed by atoms with Crippen LogP contribution in [0.2, 0.25) is 5.02 Å². The number of benzene rings is 1. The number of aliphatic hydroxyl groups is 1. The van der Waals surface area contributed by atoms with Crippen molar-refractivity contribution in [2.75, 3.05) is 0 Å². The van der Waals surface area contributed by atoms with E-state index < -0.39 is 18.2 Å². The third-order valence-corrected chi connectivity index (χ3v) is 2.75. The van der Waals surface area contributed by atoms with E-state index in [0.29, 0.717) is 29.2 Å². The first-order valence-electron chi connectivity index (χ1n) is 5.82. The molecule has 0 fully saturated rings. The van der Waals surface area contributed by atoms with E-state index >= 15 is 0 Å². The summed E-state index contributed by atoms with van der Waals surface area (Å²) in [4.78, 5) is 11.0. The third kappa shape index (κ3) is 3.89. The largest absolute Gasteiger partial charge is 0.479 e. The van der Waals surface area contributed by atoms with Gasteiger partial charge in [-0.1, -0.05) is 24.9 Å². The van der Waals surface area contributed by atoms with Gasteiger partial charge in [0.25, 0.3) is 0 Å². The molecule has 4 nitrogen and oxygen atoms in total. The number of carboxylic acids is 1. The number of carbonyl (C=O) groups is 1. The summed E-state index contributed by atoms with van der Waals surface area (Å²) in [6.07, 6.45) is -0.561. The number of carboxylic acid groups (broad SMARTS) is 1. The average Bonchev–Trinajstić information content (AvgIpc) is 2.30. The second-order valence-electron chi connectivity index (χ2n) is 4.09. The van der Waals surface area contributed by atoms with Crippen LogP contribution in [0.1, 0.15) is 38.4 Å². The van der Waals surface area contributed by atoms with E-state index in [-0.39, 0.29) is 0 Å². The fourth-order valence-corrected chi connectivity index (χ4v) is 1.78. The van der Waals surface area contributed by atoms with Gasteiger partial charge in [0.2, 0.25) is 0 Å². The number of halogens is 1. The van der Waals surface area contributed by atoms with Gasteiger partial charge in [-0.3, -0.25) is 0 Å². The van der Waals surface area contributed by atoms with Gasteiger partial charge in [-0.25, -0.2) is 4.79 Å². The van der Waals surface area contributed by atoms with Crippen molar-refractivity contribution in [2.45, 2.75) is 38.9 Å². The second-order valence-corrected chi connectivity index (χ2v) is 4.53. The second kappa shape index (κ2) is 6.61. The van der Waals surface area contributed by atoms with E-state index in [0.717, 1.165) is 0 Å². The first kappa shape index (κ1) is 14.8.